The van der Waals surface area contributed by atoms with E-state index in [1.165, 1.54) is 97.3 Å². The number of aromatic nitrogens is 16. The number of hydrogen-bond acceptors (Lipinski definition) is 19. The first-order valence-electron chi connectivity index (χ1n) is 29.1. The van der Waals surface area contributed by atoms with Crippen LogP contribution in [0.3, 0.4) is 0 Å². The Morgan fingerprint density at radius 2 is 0.735 bits per heavy atom. The van der Waals surface area contributed by atoms with Crippen LogP contribution >= 0.6 is 0 Å². The molecule has 0 aliphatic rings. The van der Waals surface area contributed by atoms with Gasteiger partial charge in [0, 0.05) is 61.7 Å². The van der Waals surface area contributed by atoms with Gasteiger partial charge in [-0.15, -0.1) is 93.5 Å². The fourth-order valence-corrected chi connectivity index (χ4v) is 9.07. The first kappa shape index (κ1) is 73.0. The van der Waals surface area contributed by atoms with Crippen LogP contribution in [0.1, 0.15) is 35.8 Å². The Balaban J connectivity index is 0.000000147. The Labute approximate surface area is 561 Å². The van der Waals surface area contributed by atoms with Crippen LogP contribution in [0.4, 0.5) is 70.2 Å². The molecule has 0 fully saturated rings. The van der Waals surface area contributed by atoms with Crippen molar-refractivity contribution in [1.29, 1.82) is 0 Å². The molecular formula is C63H46F16N16O7. The molecule has 0 saturated carbocycles. The lowest BCUT2D eigenvalue weighted by Crippen LogP contribution is -2.20. The SMILES string of the molecule is CCc1nnc2ccc(-c3ccc(OC(F)(F)F)cc3)nn12.COC(F)(F)c1nnc2ccc(-c3ccc(OC(F)(F)F)cc3)nn12.COC(F)(F)c1nnc2cnc(-c3ccc(OC(F)(F)F)cc3)cn12.FC(F)(F)Oc1ccc(-c2cn3c(CCOCc4ccccc4)nnc3cn2)cc1. The van der Waals surface area contributed by atoms with Crippen LogP contribution in [-0.2, 0) is 45.9 Å². The van der Waals surface area contributed by atoms with Gasteiger partial charge in [0.25, 0.3) is 5.82 Å². The van der Waals surface area contributed by atoms with Crippen molar-refractivity contribution in [3.8, 4) is 68.0 Å². The number of alkyl halides is 16. The number of aryl methyl sites for hydroxylation is 1. The number of ether oxygens (including phenoxy) is 7. The Morgan fingerprint density at radius 1 is 0.363 bits per heavy atom. The zero-order valence-electron chi connectivity index (χ0n) is 52.1. The molecule has 39 heteroatoms. The Kier molecular flexibility index (Phi) is 21.7. The fourth-order valence-electron chi connectivity index (χ4n) is 9.07. The summed E-state index contributed by atoms with van der Waals surface area (Å²) >= 11 is 0. The van der Waals surface area contributed by atoms with E-state index in [-0.39, 0.29) is 34.2 Å². The summed E-state index contributed by atoms with van der Waals surface area (Å²) in [6.45, 7) is 2.92. The minimum absolute atomic E-state index is 0.0625. The lowest BCUT2D eigenvalue weighted by molar-refractivity contribution is -0.275. The van der Waals surface area contributed by atoms with Crippen molar-refractivity contribution >= 4 is 22.6 Å². The molecule has 532 valence electrons. The second-order valence-corrected chi connectivity index (χ2v) is 20.6. The van der Waals surface area contributed by atoms with Gasteiger partial charge in [-0.3, -0.25) is 18.8 Å². The molecular weight excluding hydrogens is 1400 g/mol. The van der Waals surface area contributed by atoms with Gasteiger partial charge in [0.2, 0.25) is 5.82 Å². The molecule has 8 heterocycles. The third kappa shape index (κ3) is 19.2. The molecule has 13 rings (SSSR count). The summed E-state index contributed by atoms with van der Waals surface area (Å²) in [5.74, 6) is -1.51. The maximum atomic E-state index is 13.7. The number of benzene rings is 5. The third-order valence-corrected chi connectivity index (χ3v) is 13.7. The van der Waals surface area contributed by atoms with E-state index in [1.54, 1.807) is 33.4 Å². The molecule has 13 aromatic rings. The summed E-state index contributed by atoms with van der Waals surface area (Å²) in [4.78, 5) is 8.34. The zero-order valence-corrected chi connectivity index (χ0v) is 52.1. The summed E-state index contributed by atoms with van der Waals surface area (Å²) in [6.07, 6.45) is -19.4. The summed E-state index contributed by atoms with van der Waals surface area (Å²) in [7, 11) is 1.63. The van der Waals surface area contributed by atoms with Crippen molar-refractivity contribution < 1.29 is 103 Å². The molecule has 23 nitrogen and oxygen atoms in total. The smallest absolute Gasteiger partial charge is 0.406 e. The maximum Gasteiger partial charge on any atom is 0.573 e. The fraction of sp³-hybridized carbons (Fsp3) is 0.206. The van der Waals surface area contributed by atoms with Crippen molar-refractivity contribution in [2.75, 3.05) is 20.8 Å². The molecule has 0 atom stereocenters. The number of hydrogen-bond donors (Lipinski definition) is 0. The Morgan fingerprint density at radius 3 is 1.19 bits per heavy atom. The molecule has 0 aliphatic carbocycles. The lowest BCUT2D eigenvalue weighted by atomic mass is 10.1. The highest BCUT2D eigenvalue weighted by Crippen LogP contribution is 2.34. The molecule has 0 bridgehead atoms. The Hall–Kier alpha value is -11.7. The van der Waals surface area contributed by atoms with E-state index in [9.17, 15) is 70.2 Å². The number of methoxy groups -OCH3 is 2. The van der Waals surface area contributed by atoms with Gasteiger partial charge in [0.1, 0.15) is 28.8 Å². The first-order valence-corrected chi connectivity index (χ1v) is 29.1. The van der Waals surface area contributed by atoms with Crippen molar-refractivity contribution in [3.05, 3.63) is 205 Å². The van der Waals surface area contributed by atoms with Crippen LogP contribution in [0.15, 0.2) is 176 Å². The van der Waals surface area contributed by atoms with Crippen LogP contribution in [0.5, 0.6) is 23.0 Å². The van der Waals surface area contributed by atoms with Crippen LogP contribution in [-0.4, -0.2) is 125 Å². The highest BCUT2D eigenvalue weighted by Gasteiger charge is 2.40. The summed E-state index contributed by atoms with van der Waals surface area (Å²) in [5, 5.41) is 38.5. The van der Waals surface area contributed by atoms with Crippen LogP contribution < -0.4 is 18.9 Å². The number of fused-ring (bicyclic) bond motifs is 4. The summed E-state index contributed by atoms with van der Waals surface area (Å²) in [6, 6.07) is 36.9. The van der Waals surface area contributed by atoms with Gasteiger partial charge in [-0.05, 0) is 127 Å². The lowest BCUT2D eigenvalue weighted by Gasteiger charge is -2.12. The molecule has 0 aliphatic heterocycles. The maximum absolute atomic E-state index is 13.7. The van der Waals surface area contributed by atoms with Gasteiger partial charge in [-0.2, -0.15) is 36.8 Å². The molecule has 0 unspecified atom stereocenters. The van der Waals surface area contributed by atoms with E-state index in [0.717, 1.165) is 53.0 Å². The van der Waals surface area contributed by atoms with Crippen LogP contribution in [0.25, 0.3) is 67.6 Å². The highest BCUT2D eigenvalue weighted by atomic mass is 19.4. The van der Waals surface area contributed by atoms with E-state index in [2.05, 4.69) is 89.4 Å². The van der Waals surface area contributed by atoms with E-state index >= 15 is 0 Å². The van der Waals surface area contributed by atoms with E-state index in [4.69, 9.17) is 4.74 Å². The van der Waals surface area contributed by atoms with Gasteiger partial charge < -0.3 is 33.2 Å². The van der Waals surface area contributed by atoms with E-state index in [1.807, 2.05) is 37.3 Å². The largest absolute Gasteiger partial charge is 0.573 e. The average Bonchev–Trinajstić information content (AvgIpc) is 1.62. The highest BCUT2D eigenvalue weighted by molar-refractivity contribution is 5.64. The standard InChI is InChI=1S/C21H17F3N4O2.2C14H9F5N4O2.C14H11F3N4O/c22-21(23,24)30-17-8-6-16(7-9-17)18-13-28-19(26-27-20(28)12-25-18)10-11-29-14-15-4-2-1-3-5-15;1-24-13(15,16)12-22-21-11-6-20-10(7-23(11)12)8-2-4-9(5-3-8)25-14(17,18)19;1-24-13(15,16)12-21-20-11-7-6-10(22-23(11)12)8-2-4-9(5-3-8)25-14(17,18)19;1-2-12-18-19-13-8-7-11(20-21(12)13)9-3-5-10(6-4-9)22-14(15,16)17/h1-9,12-13H,10-11,14H2;2*2-7H,1H3;3-8H,2H2,1H3. The van der Waals surface area contributed by atoms with Gasteiger partial charge in [0.05, 0.1) is 48.4 Å². The van der Waals surface area contributed by atoms with Crippen molar-refractivity contribution in [2.45, 2.75) is 64.0 Å². The molecule has 5 aromatic carbocycles. The molecule has 0 radical (unpaired) electrons. The monoisotopic (exact) mass is 1440 g/mol. The van der Waals surface area contributed by atoms with E-state index in [0.29, 0.717) is 82.6 Å². The molecule has 0 spiro atoms. The molecule has 0 N–H and O–H groups in total. The minimum atomic E-state index is -4.80. The number of nitrogens with zero attached hydrogens (tertiary/aromatic N) is 16. The van der Waals surface area contributed by atoms with Crippen molar-refractivity contribution in [1.82, 2.24) is 78.8 Å². The molecule has 0 saturated heterocycles. The quantitative estimate of drug-likeness (QED) is 0.0573. The topological polar surface area (TPSA) is 237 Å². The number of halogens is 16. The second-order valence-electron chi connectivity index (χ2n) is 20.6. The molecule has 102 heavy (non-hydrogen) atoms. The second kappa shape index (κ2) is 30.4. The van der Waals surface area contributed by atoms with E-state index < -0.39 is 60.8 Å². The predicted molar refractivity (Wildman–Crippen MR) is 323 cm³/mol. The summed E-state index contributed by atoms with van der Waals surface area (Å²) in [5.41, 5.74) is 6.14. The molecule has 8 aromatic heterocycles. The predicted octanol–water partition coefficient (Wildman–Crippen LogP) is 14.5. The van der Waals surface area contributed by atoms with Gasteiger partial charge in [-0.25, -0.2) is 0 Å². The van der Waals surface area contributed by atoms with Crippen LogP contribution in [0.2, 0.25) is 0 Å². The number of rotatable bonds is 18. The zero-order chi connectivity index (χ0) is 73.2. The van der Waals surface area contributed by atoms with Gasteiger partial charge in [0.15, 0.2) is 28.4 Å². The Bertz CT molecular complexity index is 4780. The minimum Gasteiger partial charge on any atom is -0.406 e. The molecule has 0 amide bonds. The normalized spacial score (nSPS) is 12.1. The van der Waals surface area contributed by atoms with Crippen molar-refractivity contribution in [3.63, 3.8) is 0 Å². The van der Waals surface area contributed by atoms with Crippen LogP contribution in [0, 0.1) is 0 Å². The van der Waals surface area contributed by atoms with Gasteiger partial charge >= 0.3 is 37.7 Å². The summed E-state index contributed by atoms with van der Waals surface area (Å²) < 4.78 is 235. The average molecular weight is 1440 g/mol. The third-order valence-electron chi connectivity index (χ3n) is 13.7. The van der Waals surface area contributed by atoms with Crippen molar-refractivity contribution in [2.24, 2.45) is 0 Å². The first-order chi connectivity index (χ1) is 48.3. The van der Waals surface area contributed by atoms with Gasteiger partial charge in [-0.1, -0.05) is 37.3 Å².